The van der Waals surface area contributed by atoms with Gasteiger partial charge in [0.15, 0.2) is 0 Å². The lowest BCUT2D eigenvalue weighted by atomic mass is 10.1. The van der Waals surface area contributed by atoms with Crippen LogP contribution in [0.4, 0.5) is 0 Å². The third-order valence-corrected chi connectivity index (χ3v) is 2.85. The van der Waals surface area contributed by atoms with Gasteiger partial charge in [-0.1, -0.05) is 6.08 Å². The molecule has 13 heavy (non-hydrogen) atoms. The Bertz CT molecular complexity index is 139. The van der Waals surface area contributed by atoms with E-state index in [2.05, 4.69) is 23.8 Å². The molecule has 2 heteroatoms. The first-order valence-corrected chi connectivity index (χ1v) is 5.36. The molecule has 1 heterocycles. The zero-order valence-electron chi connectivity index (χ0n) is 8.76. The maximum Gasteiger partial charge on any atom is 0.0116 e. The minimum absolute atomic E-state index is 0.811. The summed E-state index contributed by atoms with van der Waals surface area (Å²) < 4.78 is 0. The van der Waals surface area contributed by atoms with Crippen LogP contribution in [0.2, 0.25) is 0 Å². The quantitative estimate of drug-likeness (QED) is 0.513. The first kappa shape index (κ1) is 10.7. The molecule has 1 saturated heterocycles. The Balaban J connectivity index is 2.13. The Hall–Kier alpha value is -0.340. The molecule has 1 rings (SSSR count). The van der Waals surface area contributed by atoms with Gasteiger partial charge in [-0.05, 0) is 52.4 Å². The standard InChI is InChI=1S/C11H22N2/c1-3-4-5-10-13(2)11-6-8-12-9-7-11/h3,11-12H,1,4-10H2,2H3. The molecule has 0 radical (unpaired) electrons. The molecule has 1 aliphatic heterocycles. The third kappa shape index (κ3) is 3.92. The van der Waals surface area contributed by atoms with Crippen LogP contribution >= 0.6 is 0 Å². The second kappa shape index (κ2) is 6.17. The minimum atomic E-state index is 0.811. The van der Waals surface area contributed by atoms with Crippen LogP contribution in [0.1, 0.15) is 25.7 Å². The van der Waals surface area contributed by atoms with E-state index in [1.54, 1.807) is 0 Å². The maximum atomic E-state index is 3.74. The smallest absolute Gasteiger partial charge is 0.0116 e. The second-order valence-corrected chi connectivity index (χ2v) is 3.89. The van der Waals surface area contributed by atoms with Crippen molar-refractivity contribution in [3.05, 3.63) is 12.7 Å². The normalized spacial score (nSPS) is 19.2. The SMILES string of the molecule is C=CCCCN(C)C1CCNCC1. The summed E-state index contributed by atoms with van der Waals surface area (Å²) >= 11 is 0. The van der Waals surface area contributed by atoms with Crippen molar-refractivity contribution in [1.82, 2.24) is 10.2 Å². The fraction of sp³-hybridized carbons (Fsp3) is 0.818. The topological polar surface area (TPSA) is 15.3 Å². The van der Waals surface area contributed by atoms with Crippen LogP contribution in [0.15, 0.2) is 12.7 Å². The summed E-state index contributed by atoms with van der Waals surface area (Å²) in [5, 5.41) is 3.39. The van der Waals surface area contributed by atoms with Crippen LogP contribution in [0.3, 0.4) is 0 Å². The molecule has 0 atom stereocenters. The highest BCUT2D eigenvalue weighted by Gasteiger charge is 2.16. The van der Waals surface area contributed by atoms with E-state index >= 15 is 0 Å². The number of nitrogens with one attached hydrogen (secondary N) is 1. The molecule has 0 aliphatic carbocycles. The van der Waals surface area contributed by atoms with E-state index in [0.29, 0.717) is 0 Å². The average molecular weight is 182 g/mol. The molecule has 0 spiro atoms. The van der Waals surface area contributed by atoms with Gasteiger partial charge >= 0.3 is 0 Å². The lowest BCUT2D eigenvalue weighted by Gasteiger charge is -2.31. The molecule has 0 saturated carbocycles. The minimum Gasteiger partial charge on any atom is -0.317 e. The maximum absolute atomic E-state index is 3.74. The Morgan fingerprint density at radius 1 is 1.46 bits per heavy atom. The summed E-state index contributed by atoms with van der Waals surface area (Å²) in [6.07, 6.45) is 7.03. The molecule has 0 amide bonds. The van der Waals surface area contributed by atoms with E-state index in [4.69, 9.17) is 0 Å². The summed E-state index contributed by atoms with van der Waals surface area (Å²) in [6.45, 7) is 7.34. The lowest BCUT2D eigenvalue weighted by molar-refractivity contribution is 0.197. The van der Waals surface area contributed by atoms with E-state index in [1.807, 2.05) is 6.08 Å². The summed E-state index contributed by atoms with van der Waals surface area (Å²) in [7, 11) is 2.25. The van der Waals surface area contributed by atoms with Crippen molar-refractivity contribution in [2.75, 3.05) is 26.7 Å². The third-order valence-electron chi connectivity index (χ3n) is 2.85. The Labute approximate surface area is 82.0 Å². The van der Waals surface area contributed by atoms with Gasteiger partial charge in [-0.2, -0.15) is 0 Å². The Kier molecular flexibility index (Phi) is 5.09. The monoisotopic (exact) mass is 182 g/mol. The summed E-state index contributed by atoms with van der Waals surface area (Å²) in [5.41, 5.74) is 0. The van der Waals surface area contributed by atoms with Gasteiger partial charge in [0.05, 0.1) is 0 Å². The fourth-order valence-corrected chi connectivity index (χ4v) is 1.92. The summed E-state index contributed by atoms with van der Waals surface area (Å²) in [6, 6.07) is 0.811. The zero-order chi connectivity index (χ0) is 9.52. The first-order valence-electron chi connectivity index (χ1n) is 5.36. The van der Waals surface area contributed by atoms with E-state index in [1.165, 1.54) is 38.9 Å². The van der Waals surface area contributed by atoms with Gasteiger partial charge in [0.2, 0.25) is 0 Å². The summed E-state index contributed by atoms with van der Waals surface area (Å²) in [4.78, 5) is 2.50. The molecule has 1 N–H and O–H groups in total. The highest BCUT2D eigenvalue weighted by molar-refractivity contribution is 4.76. The van der Waals surface area contributed by atoms with Crippen LogP contribution < -0.4 is 5.32 Å². The number of allylic oxidation sites excluding steroid dienone is 1. The molecular formula is C11H22N2. The second-order valence-electron chi connectivity index (χ2n) is 3.89. The van der Waals surface area contributed by atoms with Gasteiger partial charge in [0, 0.05) is 6.04 Å². The van der Waals surface area contributed by atoms with Crippen molar-refractivity contribution >= 4 is 0 Å². The number of hydrogen-bond acceptors (Lipinski definition) is 2. The van der Waals surface area contributed by atoms with Gasteiger partial charge in [-0.15, -0.1) is 6.58 Å². The molecular weight excluding hydrogens is 160 g/mol. The number of piperidine rings is 1. The predicted molar refractivity (Wildman–Crippen MR) is 58.0 cm³/mol. The Morgan fingerprint density at radius 2 is 2.15 bits per heavy atom. The molecule has 0 aromatic carbocycles. The number of nitrogens with zero attached hydrogens (tertiary/aromatic N) is 1. The predicted octanol–water partition coefficient (Wildman–Crippen LogP) is 1.64. The van der Waals surface area contributed by atoms with Gasteiger partial charge in [-0.3, -0.25) is 0 Å². The lowest BCUT2D eigenvalue weighted by Crippen LogP contribution is -2.41. The molecule has 0 aromatic heterocycles. The van der Waals surface area contributed by atoms with Crippen molar-refractivity contribution < 1.29 is 0 Å². The van der Waals surface area contributed by atoms with Crippen LogP contribution in [-0.4, -0.2) is 37.6 Å². The average Bonchev–Trinajstić information content (AvgIpc) is 2.19. The van der Waals surface area contributed by atoms with Crippen molar-refractivity contribution in [1.29, 1.82) is 0 Å². The van der Waals surface area contributed by atoms with Gasteiger partial charge in [-0.25, -0.2) is 0 Å². The molecule has 0 unspecified atom stereocenters. The van der Waals surface area contributed by atoms with Crippen molar-refractivity contribution in [2.24, 2.45) is 0 Å². The summed E-state index contributed by atoms with van der Waals surface area (Å²) in [5.74, 6) is 0. The number of unbranched alkanes of at least 4 members (excludes halogenated alkanes) is 1. The van der Waals surface area contributed by atoms with Crippen LogP contribution in [0, 0.1) is 0 Å². The van der Waals surface area contributed by atoms with Crippen molar-refractivity contribution in [3.63, 3.8) is 0 Å². The number of hydrogen-bond donors (Lipinski definition) is 1. The highest BCUT2D eigenvalue weighted by atomic mass is 15.1. The van der Waals surface area contributed by atoms with Crippen LogP contribution in [0.25, 0.3) is 0 Å². The molecule has 76 valence electrons. The zero-order valence-corrected chi connectivity index (χ0v) is 8.76. The molecule has 1 aliphatic rings. The number of rotatable bonds is 5. The van der Waals surface area contributed by atoms with Gasteiger partial charge < -0.3 is 10.2 Å². The van der Waals surface area contributed by atoms with Crippen molar-refractivity contribution in [2.45, 2.75) is 31.7 Å². The van der Waals surface area contributed by atoms with E-state index < -0.39 is 0 Å². The fourth-order valence-electron chi connectivity index (χ4n) is 1.92. The van der Waals surface area contributed by atoms with Gasteiger partial charge in [0.1, 0.15) is 0 Å². The molecule has 0 aromatic rings. The first-order chi connectivity index (χ1) is 6.34. The van der Waals surface area contributed by atoms with E-state index in [9.17, 15) is 0 Å². The van der Waals surface area contributed by atoms with Crippen LogP contribution in [0.5, 0.6) is 0 Å². The molecule has 1 fully saturated rings. The highest BCUT2D eigenvalue weighted by Crippen LogP contribution is 2.10. The van der Waals surface area contributed by atoms with Crippen LogP contribution in [-0.2, 0) is 0 Å². The molecule has 0 bridgehead atoms. The largest absolute Gasteiger partial charge is 0.317 e. The van der Waals surface area contributed by atoms with E-state index in [0.717, 1.165) is 12.5 Å². The van der Waals surface area contributed by atoms with Crippen molar-refractivity contribution in [3.8, 4) is 0 Å². The van der Waals surface area contributed by atoms with Gasteiger partial charge in [0.25, 0.3) is 0 Å². The Morgan fingerprint density at radius 3 is 2.77 bits per heavy atom. The van der Waals surface area contributed by atoms with E-state index in [-0.39, 0.29) is 0 Å². The molecule has 2 nitrogen and oxygen atoms in total.